The van der Waals surface area contributed by atoms with Crippen molar-refractivity contribution in [3.63, 3.8) is 0 Å². The molecule has 0 spiro atoms. The van der Waals surface area contributed by atoms with E-state index in [1.54, 1.807) is 28.5 Å². The molecule has 0 aliphatic carbocycles. The molecule has 2 fully saturated rings. The Balaban J connectivity index is 1.80. The smallest absolute Gasteiger partial charge is 0.270 e. The van der Waals surface area contributed by atoms with Gasteiger partial charge in [-0.25, -0.2) is 0 Å². The highest BCUT2D eigenvalue weighted by Gasteiger charge is 2.34. The van der Waals surface area contributed by atoms with Crippen molar-refractivity contribution in [2.45, 2.75) is 26.9 Å². The molecule has 0 unspecified atom stereocenters. The molecule has 1 aromatic carbocycles. The normalized spacial score (nSPS) is 18.0. The molecule has 4 rings (SSSR count). The van der Waals surface area contributed by atoms with Crippen LogP contribution in [0.4, 0.5) is 5.82 Å². The van der Waals surface area contributed by atoms with Crippen LogP contribution in [-0.4, -0.2) is 57.8 Å². The number of hydrogen-bond acceptors (Lipinski definition) is 7. The number of thioether (sulfide) groups is 1. The van der Waals surface area contributed by atoms with Gasteiger partial charge in [0.25, 0.3) is 11.5 Å². The second kappa shape index (κ2) is 10.5. The lowest BCUT2D eigenvalue weighted by molar-refractivity contribution is -0.122. The Morgan fingerprint density at radius 1 is 1.20 bits per heavy atom. The van der Waals surface area contributed by atoms with Gasteiger partial charge in [-0.05, 0) is 44.2 Å². The number of anilines is 1. The second-order valence-corrected chi connectivity index (χ2v) is 10.6. The average Bonchev–Trinajstić information content (AvgIpc) is 3.10. The molecule has 0 radical (unpaired) electrons. The Hall–Kier alpha value is -2.64. The van der Waals surface area contributed by atoms with Crippen LogP contribution in [0.5, 0.6) is 0 Å². The summed E-state index contributed by atoms with van der Waals surface area (Å²) in [6, 6.07) is 9.45. The van der Waals surface area contributed by atoms with E-state index in [4.69, 9.17) is 23.8 Å². The highest BCUT2D eigenvalue weighted by atomic mass is 35.5. The van der Waals surface area contributed by atoms with Gasteiger partial charge in [-0.1, -0.05) is 53.8 Å². The van der Waals surface area contributed by atoms with Crippen LogP contribution in [0.3, 0.4) is 0 Å². The highest BCUT2D eigenvalue weighted by molar-refractivity contribution is 8.26. The third-order valence-electron chi connectivity index (χ3n) is 6.40. The van der Waals surface area contributed by atoms with E-state index in [1.807, 2.05) is 25.1 Å². The number of carbonyl (C=O) groups is 1. The first-order chi connectivity index (χ1) is 16.8. The van der Waals surface area contributed by atoms with Gasteiger partial charge in [-0.15, -0.1) is 0 Å². The minimum absolute atomic E-state index is 0.0996. The lowest BCUT2D eigenvalue weighted by Crippen LogP contribution is -2.47. The number of amides is 1. The summed E-state index contributed by atoms with van der Waals surface area (Å²) < 4.78 is 2.09. The summed E-state index contributed by atoms with van der Waals surface area (Å²) in [6.07, 6.45) is 1.79. The molecule has 3 heterocycles. The molecule has 0 atom stereocenters. The van der Waals surface area contributed by atoms with E-state index in [1.165, 1.54) is 11.8 Å². The molecular formula is C25H26ClN5O2S2. The van der Waals surface area contributed by atoms with Crippen molar-refractivity contribution in [3.8, 4) is 6.07 Å². The number of halogens is 1. The number of aromatic nitrogens is 1. The zero-order valence-corrected chi connectivity index (χ0v) is 22.3. The molecule has 0 bridgehead atoms. The zero-order valence-electron chi connectivity index (χ0n) is 19.9. The van der Waals surface area contributed by atoms with Crippen molar-refractivity contribution in [2.75, 3.05) is 38.1 Å². The first-order valence-electron chi connectivity index (χ1n) is 11.4. The highest BCUT2D eigenvalue weighted by Crippen LogP contribution is 2.37. The number of rotatable bonds is 5. The molecule has 0 N–H and O–H groups in total. The third kappa shape index (κ3) is 4.89. The first kappa shape index (κ1) is 25.5. The lowest BCUT2D eigenvalue weighted by atomic mass is 10.0. The van der Waals surface area contributed by atoms with E-state index in [2.05, 4.69) is 22.9 Å². The molecule has 0 saturated carbocycles. The van der Waals surface area contributed by atoms with Crippen LogP contribution in [-0.2, 0) is 17.9 Å². The van der Waals surface area contributed by atoms with Gasteiger partial charge in [0.1, 0.15) is 21.8 Å². The van der Waals surface area contributed by atoms with Crippen molar-refractivity contribution >= 4 is 57.7 Å². The van der Waals surface area contributed by atoms with Crippen LogP contribution in [0.25, 0.3) is 6.08 Å². The molecule has 182 valence electrons. The summed E-state index contributed by atoms with van der Waals surface area (Å²) in [5, 5.41) is 10.3. The minimum Gasteiger partial charge on any atom is -0.355 e. The second-order valence-electron chi connectivity index (χ2n) is 8.55. The summed E-state index contributed by atoms with van der Waals surface area (Å²) >= 11 is 13.1. The summed E-state index contributed by atoms with van der Waals surface area (Å²) in [5.74, 6) is 0.537. The minimum atomic E-state index is -0.301. The monoisotopic (exact) mass is 527 g/mol. The number of likely N-dealkylation sites (N-methyl/N-ethyl adjacent to an activating group) is 1. The van der Waals surface area contributed by atoms with Gasteiger partial charge in [0.05, 0.1) is 11.4 Å². The largest absolute Gasteiger partial charge is 0.355 e. The van der Waals surface area contributed by atoms with E-state index in [9.17, 15) is 14.9 Å². The van der Waals surface area contributed by atoms with E-state index >= 15 is 0 Å². The number of thiocarbonyl (C=S) groups is 1. The Bertz CT molecular complexity index is 1320. The third-order valence-corrected chi connectivity index (χ3v) is 8.15. The number of nitriles is 1. The number of benzene rings is 1. The van der Waals surface area contributed by atoms with Crippen LogP contribution >= 0.6 is 35.6 Å². The predicted octanol–water partition coefficient (Wildman–Crippen LogP) is 3.85. The van der Waals surface area contributed by atoms with Crippen molar-refractivity contribution in [3.05, 3.63) is 66.8 Å². The molecule has 2 aromatic rings. The standard InChI is InChI=1S/C25H26ClN5O2S2/c1-4-30-22(29-11-9-28(3)10-12-29)18(16(2)19(14-27)23(30)32)13-21-24(33)31(25(34)35-21)15-17-7-5-6-8-20(17)26/h5-8,13H,4,9-12,15H2,1-3H3. The summed E-state index contributed by atoms with van der Waals surface area (Å²) in [6.45, 7) is 7.58. The fourth-order valence-electron chi connectivity index (χ4n) is 4.36. The van der Waals surface area contributed by atoms with Gasteiger partial charge in [-0.2, -0.15) is 5.26 Å². The average molecular weight is 528 g/mol. The predicted molar refractivity (Wildman–Crippen MR) is 146 cm³/mol. The van der Waals surface area contributed by atoms with Crippen LogP contribution < -0.4 is 10.5 Å². The molecule has 2 aliphatic rings. The van der Waals surface area contributed by atoms with E-state index in [-0.39, 0.29) is 23.6 Å². The summed E-state index contributed by atoms with van der Waals surface area (Å²) in [7, 11) is 2.07. The van der Waals surface area contributed by atoms with Gasteiger partial charge in [0, 0.05) is 43.3 Å². The van der Waals surface area contributed by atoms with Gasteiger partial charge >= 0.3 is 0 Å². The van der Waals surface area contributed by atoms with E-state index in [0.717, 1.165) is 37.6 Å². The number of piperazine rings is 1. The molecule has 2 saturated heterocycles. The van der Waals surface area contributed by atoms with Crippen LogP contribution in [0.2, 0.25) is 5.02 Å². The maximum Gasteiger partial charge on any atom is 0.270 e. The number of carbonyl (C=O) groups excluding carboxylic acids is 1. The van der Waals surface area contributed by atoms with Gasteiger partial charge in [0.2, 0.25) is 0 Å². The maximum atomic E-state index is 13.4. The lowest BCUT2D eigenvalue weighted by Gasteiger charge is -2.36. The number of pyridine rings is 1. The number of nitrogens with zero attached hydrogens (tertiary/aromatic N) is 5. The fourth-order valence-corrected chi connectivity index (χ4v) is 5.79. The molecule has 1 aromatic heterocycles. The Morgan fingerprint density at radius 2 is 1.89 bits per heavy atom. The van der Waals surface area contributed by atoms with E-state index in [0.29, 0.717) is 31.9 Å². The molecule has 2 aliphatic heterocycles. The van der Waals surface area contributed by atoms with Crippen molar-refractivity contribution in [1.82, 2.24) is 14.4 Å². The molecular weight excluding hydrogens is 502 g/mol. The maximum absolute atomic E-state index is 13.4. The number of hydrogen-bond donors (Lipinski definition) is 0. The van der Waals surface area contributed by atoms with Crippen LogP contribution in [0.1, 0.15) is 29.2 Å². The van der Waals surface area contributed by atoms with Crippen LogP contribution in [0.15, 0.2) is 34.0 Å². The Kier molecular flexibility index (Phi) is 7.67. The Morgan fingerprint density at radius 3 is 2.51 bits per heavy atom. The molecule has 35 heavy (non-hydrogen) atoms. The van der Waals surface area contributed by atoms with Gasteiger partial charge < -0.3 is 9.80 Å². The van der Waals surface area contributed by atoms with Crippen molar-refractivity contribution < 1.29 is 4.79 Å². The molecule has 1 amide bonds. The van der Waals surface area contributed by atoms with Crippen molar-refractivity contribution in [2.24, 2.45) is 0 Å². The van der Waals surface area contributed by atoms with Crippen LogP contribution in [0, 0.1) is 18.3 Å². The van der Waals surface area contributed by atoms with Crippen molar-refractivity contribution in [1.29, 1.82) is 5.26 Å². The van der Waals surface area contributed by atoms with E-state index < -0.39 is 0 Å². The molecule has 7 nitrogen and oxygen atoms in total. The van der Waals surface area contributed by atoms with Gasteiger partial charge in [0.15, 0.2) is 0 Å². The zero-order chi connectivity index (χ0) is 25.3. The summed E-state index contributed by atoms with van der Waals surface area (Å²) in [5.41, 5.74) is 1.90. The SMILES string of the molecule is CCn1c(N2CCN(C)CC2)c(C=C2SC(=S)N(Cc3ccccc3Cl)C2=O)c(C)c(C#N)c1=O. The first-order valence-corrected chi connectivity index (χ1v) is 13.0. The molecule has 10 heteroatoms. The quantitative estimate of drug-likeness (QED) is 0.432. The fraction of sp³-hybridized carbons (Fsp3) is 0.360. The summed E-state index contributed by atoms with van der Waals surface area (Å²) in [4.78, 5) is 33.0. The topological polar surface area (TPSA) is 72.6 Å². The van der Waals surface area contributed by atoms with Gasteiger partial charge in [-0.3, -0.25) is 19.1 Å². The Labute approximate surface area is 219 Å².